The van der Waals surface area contributed by atoms with Gasteiger partial charge in [-0.2, -0.15) is 0 Å². The third kappa shape index (κ3) is 3.84. The van der Waals surface area contributed by atoms with Crippen LogP contribution >= 0.6 is 11.6 Å². The zero-order valence-corrected chi connectivity index (χ0v) is 17.1. The molecule has 0 bridgehead atoms. The predicted molar refractivity (Wildman–Crippen MR) is 114 cm³/mol. The summed E-state index contributed by atoms with van der Waals surface area (Å²) in [6, 6.07) is 19.7. The van der Waals surface area contributed by atoms with Crippen molar-refractivity contribution in [3.63, 3.8) is 0 Å². The molecule has 3 aromatic rings. The second kappa shape index (κ2) is 7.97. The Morgan fingerprint density at radius 1 is 1.07 bits per heavy atom. The normalized spacial score (nSPS) is 19.8. The summed E-state index contributed by atoms with van der Waals surface area (Å²) < 4.78 is 5.67. The van der Waals surface area contributed by atoms with Crippen LogP contribution in [0.4, 0.5) is 4.79 Å². The van der Waals surface area contributed by atoms with Crippen molar-refractivity contribution < 1.29 is 19.4 Å². The Kier molecular flexibility index (Phi) is 5.37. The van der Waals surface area contributed by atoms with Crippen LogP contribution in [0.5, 0.6) is 5.75 Å². The van der Waals surface area contributed by atoms with Gasteiger partial charge in [0.2, 0.25) is 0 Å². The third-order valence-corrected chi connectivity index (χ3v) is 5.51. The van der Waals surface area contributed by atoms with Crippen molar-refractivity contribution in [1.82, 2.24) is 10.2 Å². The lowest BCUT2D eigenvalue weighted by Crippen LogP contribution is -2.42. The number of rotatable bonds is 6. The van der Waals surface area contributed by atoms with E-state index in [2.05, 4.69) is 5.32 Å². The van der Waals surface area contributed by atoms with E-state index in [4.69, 9.17) is 16.3 Å². The van der Waals surface area contributed by atoms with E-state index in [1.54, 1.807) is 31.2 Å². The molecule has 30 heavy (non-hydrogen) atoms. The quantitative estimate of drug-likeness (QED) is 0.591. The van der Waals surface area contributed by atoms with Gasteiger partial charge in [-0.25, -0.2) is 4.79 Å². The van der Waals surface area contributed by atoms with Gasteiger partial charge in [0.15, 0.2) is 0 Å². The van der Waals surface area contributed by atoms with Crippen LogP contribution in [0.1, 0.15) is 12.5 Å². The van der Waals surface area contributed by atoms with Crippen LogP contribution in [-0.2, 0) is 10.3 Å². The number of aliphatic hydroxyl groups is 1. The first-order chi connectivity index (χ1) is 14.4. The fourth-order valence-corrected chi connectivity index (χ4v) is 3.68. The van der Waals surface area contributed by atoms with Crippen LogP contribution in [0.2, 0.25) is 5.02 Å². The minimum absolute atomic E-state index is 0.0486. The molecular weight excluding hydrogens is 404 g/mol. The minimum atomic E-state index is -1.21. The first kappa shape index (κ1) is 20.2. The number of nitrogens with one attached hydrogen (secondary N) is 1. The molecule has 0 aromatic heterocycles. The van der Waals surface area contributed by atoms with Crippen molar-refractivity contribution in [2.24, 2.45) is 0 Å². The number of carbonyl (C=O) groups is 2. The number of hydrogen-bond donors (Lipinski definition) is 2. The van der Waals surface area contributed by atoms with E-state index in [0.717, 1.165) is 15.7 Å². The third-order valence-electron chi connectivity index (χ3n) is 5.25. The second-order valence-corrected chi connectivity index (χ2v) is 7.89. The number of halogens is 1. The van der Waals surface area contributed by atoms with Crippen molar-refractivity contribution in [2.75, 3.05) is 13.2 Å². The molecule has 2 N–H and O–H groups in total. The summed E-state index contributed by atoms with van der Waals surface area (Å²) in [6.45, 7) is 1.42. The SMILES string of the molecule is CC1(c2ccc(Cl)cc2)NC(=O)N(CC(O)COc2ccc3ccccc3c2)C1=O. The van der Waals surface area contributed by atoms with Crippen molar-refractivity contribution in [3.05, 3.63) is 77.3 Å². The molecule has 3 amide bonds. The van der Waals surface area contributed by atoms with Gasteiger partial charge in [0.25, 0.3) is 5.91 Å². The summed E-state index contributed by atoms with van der Waals surface area (Å²) in [5.41, 5.74) is -0.588. The molecule has 1 fully saturated rings. The predicted octanol–water partition coefficient (Wildman–Crippen LogP) is 3.70. The summed E-state index contributed by atoms with van der Waals surface area (Å²) in [5.74, 6) is 0.176. The van der Waals surface area contributed by atoms with Gasteiger partial charge in [-0.05, 0) is 47.5 Å². The van der Waals surface area contributed by atoms with E-state index in [1.807, 2.05) is 42.5 Å². The van der Waals surface area contributed by atoms with Crippen LogP contribution in [0, 0.1) is 0 Å². The molecule has 1 heterocycles. The zero-order chi connectivity index (χ0) is 21.3. The maximum atomic E-state index is 12.9. The number of imide groups is 1. The van der Waals surface area contributed by atoms with Crippen molar-refractivity contribution >= 4 is 34.3 Å². The maximum Gasteiger partial charge on any atom is 0.325 e. The number of amides is 3. The first-order valence-corrected chi connectivity index (χ1v) is 9.94. The molecule has 1 aliphatic heterocycles. The number of hydrogen-bond acceptors (Lipinski definition) is 4. The van der Waals surface area contributed by atoms with Gasteiger partial charge in [0.1, 0.15) is 24.0 Å². The average molecular weight is 425 g/mol. The van der Waals surface area contributed by atoms with Crippen molar-refractivity contribution in [1.29, 1.82) is 0 Å². The van der Waals surface area contributed by atoms with E-state index < -0.39 is 23.6 Å². The lowest BCUT2D eigenvalue weighted by atomic mass is 9.92. The minimum Gasteiger partial charge on any atom is -0.491 e. The molecule has 2 unspecified atom stereocenters. The largest absolute Gasteiger partial charge is 0.491 e. The van der Waals surface area contributed by atoms with Crippen LogP contribution < -0.4 is 10.1 Å². The maximum absolute atomic E-state index is 12.9. The van der Waals surface area contributed by atoms with E-state index in [9.17, 15) is 14.7 Å². The van der Waals surface area contributed by atoms with Crippen molar-refractivity contribution in [2.45, 2.75) is 18.6 Å². The summed E-state index contributed by atoms with van der Waals surface area (Å²) in [5, 5.41) is 15.7. The lowest BCUT2D eigenvalue weighted by Gasteiger charge is -2.23. The average Bonchev–Trinajstić information content (AvgIpc) is 2.96. The van der Waals surface area contributed by atoms with E-state index >= 15 is 0 Å². The fraction of sp³-hybridized carbons (Fsp3) is 0.217. The Bertz CT molecular complexity index is 1100. The molecule has 1 aliphatic rings. The molecule has 0 aliphatic carbocycles. The molecule has 0 saturated carbocycles. The Morgan fingerprint density at radius 3 is 2.50 bits per heavy atom. The number of benzene rings is 3. The highest BCUT2D eigenvalue weighted by Gasteiger charge is 2.49. The summed E-state index contributed by atoms with van der Waals surface area (Å²) in [7, 11) is 0. The first-order valence-electron chi connectivity index (χ1n) is 9.56. The van der Waals surface area contributed by atoms with Gasteiger partial charge in [0, 0.05) is 5.02 Å². The number of β-amino-alcohol motifs (C(OH)–C–C–N with tert-alkyl or cyclic N) is 1. The molecule has 0 radical (unpaired) electrons. The van der Waals surface area contributed by atoms with Gasteiger partial charge in [-0.1, -0.05) is 54.1 Å². The Labute approximate surface area is 179 Å². The Balaban J connectivity index is 1.41. The highest BCUT2D eigenvalue weighted by molar-refractivity contribution is 6.30. The molecule has 4 rings (SSSR count). The van der Waals surface area contributed by atoms with E-state index in [0.29, 0.717) is 16.3 Å². The standard InChI is InChI=1S/C23H21ClN2O4/c1-23(17-7-9-18(24)10-8-17)21(28)26(22(29)25-23)13-19(27)14-30-20-11-6-15-4-2-3-5-16(15)12-20/h2-12,19,27H,13-14H2,1H3,(H,25,29). The summed E-state index contributed by atoms with van der Waals surface area (Å²) in [4.78, 5) is 26.4. The summed E-state index contributed by atoms with van der Waals surface area (Å²) in [6.07, 6.45) is -1.03. The highest BCUT2D eigenvalue weighted by Crippen LogP contribution is 2.30. The van der Waals surface area contributed by atoms with Crippen molar-refractivity contribution in [3.8, 4) is 5.75 Å². The van der Waals surface area contributed by atoms with Gasteiger partial charge in [-0.3, -0.25) is 9.69 Å². The number of fused-ring (bicyclic) bond motifs is 1. The smallest absolute Gasteiger partial charge is 0.325 e. The monoisotopic (exact) mass is 424 g/mol. The number of carbonyl (C=O) groups excluding carboxylic acids is 2. The van der Waals surface area contributed by atoms with Crippen LogP contribution in [0.15, 0.2) is 66.7 Å². The number of urea groups is 1. The van der Waals surface area contributed by atoms with E-state index in [1.165, 1.54) is 0 Å². The molecule has 1 saturated heterocycles. The summed E-state index contributed by atoms with van der Waals surface area (Å²) >= 11 is 5.91. The molecule has 6 nitrogen and oxygen atoms in total. The second-order valence-electron chi connectivity index (χ2n) is 7.45. The van der Waals surface area contributed by atoms with E-state index in [-0.39, 0.29) is 13.2 Å². The molecule has 3 aromatic carbocycles. The van der Waals surface area contributed by atoms with Gasteiger partial charge >= 0.3 is 6.03 Å². The molecule has 2 atom stereocenters. The fourth-order valence-electron chi connectivity index (χ4n) is 3.55. The van der Waals surface area contributed by atoms with Gasteiger partial charge in [0.05, 0.1) is 6.54 Å². The Morgan fingerprint density at radius 2 is 1.77 bits per heavy atom. The number of ether oxygens (including phenoxy) is 1. The molecule has 0 spiro atoms. The highest BCUT2D eigenvalue weighted by atomic mass is 35.5. The lowest BCUT2D eigenvalue weighted by molar-refractivity contribution is -0.132. The van der Waals surface area contributed by atoms with Gasteiger partial charge < -0.3 is 15.2 Å². The van der Waals surface area contributed by atoms with Crippen LogP contribution in [-0.4, -0.2) is 41.2 Å². The van der Waals surface area contributed by atoms with Crippen LogP contribution in [0.3, 0.4) is 0 Å². The zero-order valence-electron chi connectivity index (χ0n) is 16.3. The number of aliphatic hydroxyl groups excluding tert-OH is 1. The van der Waals surface area contributed by atoms with Gasteiger partial charge in [-0.15, -0.1) is 0 Å². The topological polar surface area (TPSA) is 78.9 Å². The number of nitrogens with zero attached hydrogens (tertiary/aromatic N) is 1. The molecule has 7 heteroatoms. The Hall–Kier alpha value is -3.09. The van der Waals surface area contributed by atoms with Crippen LogP contribution in [0.25, 0.3) is 10.8 Å². The molecular formula is C23H21ClN2O4. The molecule has 154 valence electrons.